The Balaban J connectivity index is 1.34. The van der Waals surface area contributed by atoms with Gasteiger partial charge in [0, 0.05) is 77.3 Å². The molecule has 11 heteroatoms. The van der Waals surface area contributed by atoms with Gasteiger partial charge >= 0.3 is 5.97 Å². The molecule has 0 aliphatic carbocycles. The zero-order valence-corrected chi connectivity index (χ0v) is 24.9. The summed E-state index contributed by atoms with van der Waals surface area (Å²) in [7, 11) is 5.19. The number of aliphatic hydroxyl groups is 1. The van der Waals surface area contributed by atoms with Crippen LogP contribution in [0.5, 0.6) is 0 Å². The topological polar surface area (TPSA) is 124 Å². The Kier molecular flexibility index (Phi) is 10.4. The van der Waals surface area contributed by atoms with Gasteiger partial charge in [0.05, 0.1) is 24.9 Å². The number of pyridine rings is 1. The molecule has 4 rings (SSSR count). The maximum Gasteiger partial charge on any atom is 0.319 e. The number of aromatic nitrogens is 3. The Bertz CT molecular complexity index is 1340. The summed E-state index contributed by atoms with van der Waals surface area (Å²) in [5, 5.41) is 14.5. The summed E-state index contributed by atoms with van der Waals surface area (Å²) in [4.78, 5) is 42.5. The summed E-state index contributed by atoms with van der Waals surface area (Å²) in [5.74, 6) is 1.13. The Morgan fingerprint density at radius 1 is 1.10 bits per heavy atom. The van der Waals surface area contributed by atoms with Crippen LogP contribution in [-0.4, -0.2) is 101 Å². The minimum Gasteiger partial charge on any atom is -0.468 e. The third-order valence-electron chi connectivity index (χ3n) is 7.70. The number of hydrogen-bond acceptors (Lipinski definition) is 10. The van der Waals surface area contributed by atoms with Crippen molar-refractivity contribution in [2.75, 3.05) is 64.1 Å². The number of ether oxygens (including phenoxy) is 1. The average molecular weight is 576 g/mol. The number of methoxy groups -OCH3 is 1. The molecule has 2 aromatic heterocycles. The maximum atomic E-state index is 11.6. The van der Waals surface area contributed by atoms with Gasteiger partial charge in [-0.25, -0.2) is 15.0 Å². The van der Waals surface area contributed by atoms with E-state index in [-0.39, 0.29) is 18.4 Å². The summed E-state index contributed by atoms with van der Waals surface area (Å²) >= 11 is 0. The van der Waals surface area contributed by atoms with Crippen molar-refractivity contribution in [2.24, 2.45) is 0 Å². The molecule has 0 saturated carbocycles. The van der Waals surface area contributed by atoms with E-state index in [1.807, 2.05) is 61.5 Å². The lowest BCUT2D eigenvalue weighted by atomic mass is 9.85. The Labute approximate surface area is 247 Å². The lowest BCUT2D eigenvalue weighted by Gasteiger charge is -2.37. The van der Waals surface area contributed by atoms with Gasteiger partial charge in [-0.2, -0.15) is 0 Å². The van der Waals surface area contributed by atoms with Crippen molar-refractivity contribution in [1.82, 2.24) is 24.8 Å². The van der Waals surface area contributed by atoms with E-state index in [2.05, 4.69) is 20.2 Å². The van der Waals surface area contributed by atoms with Crippen LogP contribution in [0, 0.1) is 0 Å². The molecule has 1 fully saturated rings. The molecule has 42 heavy (non-hydrogen) atoms. The number of hydrogen-bond donors (Lipinski definition) is 2. The summed E-state index contributed by atoms with van der Waals surface area (Å²) in [5.41, 5.74) is 2.66. The van der Waals surface area contributed by atoms with Gasteiger partial charge in [0.1, 0.15) is 5.82 Å². The zero-order valence-electron chi connectivity index (χ0n) is 24.9. The van der Waals surface area contributed by atoms with Crippen LogP contribution in [0.3, 0.4) is 0 Å². The first-order chi connectivity index (χ1) is 20.1. The average Bonchev–Trinajstić information content (AvgIpc) is 2.98. The van der Waals surface area contributed by atoms with Gasteiger partial charge < -0.3 is 25.0 Å². The molecular formula is C31H41N7O4. The van der Waals surface area contributed by atoms with Crippen LogP contribution in [0.1, 0.15) is 31.7 Å². The van der Waals surface area contributed by atoms with Gasteiger partial charge in [0.15, 0.2) is 0 Å². The van der Waals surface area contributed by atoms with Crippen LogP contribution in [0.25, 0.3) is 11.3 Å². The van der Waals surface area contributed by atoms with Crippen molar-refractivity contribution >= 4 is 29.3 Å². The Hall–Kier alpha value is -4.09. The number of carbonyl (C=O) groups excluding carboxylic acids is 2. The van der Waals surface area contributed by atoms with Crippen LogP contribution in [0.2, 0.25) is 0 Å². The number of esters is 1. The molecule has 2 N–H and O–H groups in total. The van der Waals surface area contributed by atoms with Gasteiger partial charge in [-0.3, -0.25) is 14.5 Å². The summed E-state index contributed by atoms with van der Waals surface area (Å²) in [6, 6.07) is 13.7. The molecule has 1 amide bonds. The minimum absolute atomic E-state index is 0.0656. The van der Waals surface area contributed by atoms with Gasteiger partial charge in [-0.15, -0.1) is 0 Å². The monoisotopic (exact) mass is 575 g/mol. The second kappa shape index (κ2) is 14.2. The first-order valence-electron chi connectivity index (χ1n) is 14.2. The highest BCUT2D eigenvalue weighted by atomic mass is 16.5. The van der Waals surface area contributed by atoms with Crippen LogP contribution in [0.15, 0.2) is 54.9 Å². The van der Waals surface area contributed by atoms with Crippen LogP contribution in [-0.2, 0) is 20.7 Å². The standard InChI is InChI=1S/C31H41N7O4/c1-23(39)36(2)15-6-16-37(3)28-10-9-25(21-33-28)27-11-14-32-30(35-27)34-26-8-5-7-24(19-26)20-31(41)12-17-38(18-13-31)22-29(40)42-4/h5,7-11,14,19,21,41H,6,12-13,15-18,20,22H2,1-4H3,(H,32,34,35). The molecule has 1 saturated heterocycles. The van der Waals surface area contributed by atoms with Crippen molar-refractivity contribution < 1.29 is 19.4 Å². The van der Waals surface area contributed by atoms with Crippen LogP contribution >= 0.6 is 0 Å². The van der Waals surface area contributed by atoms with E-state index in [4.69, 9.17) is 9.72 Å². The number of amides is 1. The highest BCUT2D eigenvalue weighted by Crippen LogP contribution is 2.28. The number of rotatable bonds is 12. The minimum atomic E-state index is -0.820. The first kappa shape index (κ1) is 30.9. The van der Waals surface area contributed by atoms with Gasteiger partial charge in [0.25, 0.3) is 0 Å². The van der Waals surface area contributed by atoms with E-state index in [0.717, 1.165) is 41.3 Å². The van der Waals surface area contributed by atoms with E-state index < -0.39 is 5.60 Å². The van der Waals surface area contributed by atoms with Gasteiger partial charge in [-0.05, 0) is 55.2 Å². The molecule has 11 nitrogen and oxygen atoms in total. The molecule has 1 aromatic carbocycles. The summed E-state index contributed by atoms with van der Waals surface area (Å²) < 4.78 is 4.76. The highest BCUT2D eigenvalue weighted by Gasteiger charge is 2.33. The number of nitrogens with zero attached hydrogens (tertiary/aromatic N) is 6. The number of nitrogens with one attached hydrogen (secondary N) is 1. The van der Waals surface area contributed by atoms with E-state index in [1.54, 1.807) is 24.2 Å². The van der Waals surface area contributed by atoms with Crippen molar-refractivity contribution in [3.05, 3.63) is 60.4 Å². The van der Waals surface area contributed by atoms with E-state index >= 15 is 0 Å². The molecule has 0 bridgehead atoms. The molecule has 3 aromatic rings. The van der Waals surface area contributed by atoms with Gasteiger partial charge in [-0.1, -0.05) is 12.1 Å². The third kappa shape index (κ3) is 8.70. The van der Waals surface area contributed by atoms with E-state index in [0.29, 0.717) is 44.8 Å². The molecule has 1 aliphatic heterocycles. The quantitative estimate of drug-likeness (QED) is 0.311. The second-order valence-corrected chi connectivity index (χ2v) is 11.0. The van der Waals surface area contributed by atoms with Crippen molar-refractivity contribution in [1.29, 1.82) is 0 Å². The normalized spacial score (nSPS) is 14.7. The second-order valence-electron chi connectivity index (χ2n) is 11.0. The van der Waals surface area contributed by atoms with Crippen LogP contribution in [0.4, 0.5) is 17.5 Å². The fraction of sp³-hybridized carbons (Fsp3) is 0.452. The number of carbonyl (C=O) groups is 2. The smallest absolute Gasteiger partial charge is 0.319 e. The first-order valence-corrected chi connectivity index (χ1v) is 14.2. The third-order valence-corrected chi connectivity index (χ3v) is 7.70. The van der Waals surface area contributed by atoms with Crippen molar-refractivity contribution in [2.45, 2.75) is 38.2 Å². The van der Waals surface area contributed by atoms with Gasteiger partial charge in [0.2, 0.25) is 11.9 Å². The predicted octanol–water partition coefficient (Wildman–Crippen LogP) is 3.13. The molecule has 224 valence electrons. The number of likely N-dealkylation sites (tertiary alicyclic amines) is 1. The summed E-state index contributed by atoms with van der Waals surface area (Å²) in [6.07, 6.45) is 6.07. The highest BCUT2D eigenvalue weighted by molar-refractivity contribution is 5.72. The lowest BCUT2D eigenvalue weighted by molar-refractivity contribution is -0.143. The van der Waals surface area contributed by atoms with Crippen molar-refractivity contribution in [3.63, 3.8) is 0 Å². The van der Waals surface area contributed by atoms with E-state index in [1.165, 1.54) is 7.11 Å². The number of piperidine rings is 1. The zero-order chi connectivity index (χ0) is 30.1. The number of anilines is 3. The fourth-order valence-corrected chi connectivity index (χ4v) is 4.98. The SMILES string of the molecule is COC(=O)CN1CCC(O)(Cc2cccc(Nc3nccc(-c4ccc(N(C)CCCN(C)C(C)=O)nc4)n3)c2)CC1. The molecule has 0 radical (unpaired) electrons. The molecule has 3 heterocycles. The lowest BCUT2D eigenvalue weighted by Crippen LogP contribution is -2.47. The predicted molar refractivity (Wildman–Crippen MR) is 163 cm³/mol. The summed E-state index contributed by atoms with van der Waals surface area (Å²) in [6.45, 7) is 4.61. The molecule has 0 unspecified atom stereocenters. The number of benzene rings is 1. The molecular weight excluding hydrogens is 534 g/mol. The van der Waals surface area contributed by atoms with Crippen LogP contribution < -0.4 is 10.2 Å². The Morgan fingerprint density at radius 3 is 2.57 bits per heavy atom. The van der Waals surface area contributed by atoms with E-state index in [9.17, 15) is 14.7 Å². The Morgan fingerprint density at radius 2 is 1.88 bits per heavy atom. The largest absolute Gasteiger partial charge is 0.468 e. The molecule has 0 spiro atoms. The maximum absolute atomic E-state index is 11.6. The van der Waals surface area contributed by atoms with Crippen molar-refractivity contribution in [3.8, 4) is 11.3 Å². The molecule has 1 aliphatic rings. The fourth-order valence-electron chi connectivity index (χ4n) is 4.98. The molecule has 0 atom stereocenters.